The molecule has 0 aromatic rings. The van der Waals surface area contributed by atoms with E-state index in [0.717, 1.165) is 19.4 Å². The van der Waals surface area contributed by atoms with Gasteiger partial charge in [0.1, 0.15) is 13.4 Å². The predicted molar refractivity (Wildman–Crippen MR) is 43.9 cm³/mol. The van der Waals surface area contributed by atoms with Gasteiger partial charge in [0.05, 0.1) is 6.10 Å². The first-order valence-electron chi connectivity index (χ1n) is 4.55. The second-order valence-corrected chi connectivity index (χ2v) is 3.22. The van der Waals surface area contributed by atoms with Gasteiger partial charge in [-0.3, -0.25) is 0 Å². The van der Waals surface area contributed by atoms with E-state index in [2.05, 4.69) is 10.1 Å². The Morgan fingerprint density at radius 3 is 2.71 bits per heavy atom. The van der Waals surface area contributed by atoms with Gasteiger partial charge in [-0.1, -0.05) is 0 Å². The quantitative estimate of drug-likeness (QED) is 0.564. The zero-order chi connectivity index (χ0) is 10.4. The number of hydrogen-bond donors (Lipinski definition) is 1. The minimum absolute atomic E-state index is 0.0167. The maximum Gasteiger partial charge on any atom is 0.411 e. The molecule has 84 valence electrons. The van der Waals surface area contributed by atoms with Gasteiger partial charge in [-0.2, -0.15) is 13.2 Å². The minimum atomic E-state index is -4.27. The molecule has 14 heavy (non-hydrogen) atoms. The van der Waals surface area contributed by atoms with Gasteiger partial charge in [-0.05, 0) is 19.4 Å². The first-order valence-corrected chi connectivity index (χ1v) is 4.55. The van der Waals surface area contributed by atoms with Crippen LogP contribution in [-0.4, -0.2) is 38.8 Å². The standard InChI is InChI=1S/C8H14F3NO2/c9-8(10,11)5-13-6-14-7-2-1-3-12-4-7/h7,12H,1-6H2/t7-/m0/s1. The molecule has 1 rings (SSSR count). The third-order valence-electron chi connectivity index (χ3n) is 1.90. The van der Waals surface area contributed by atoms with Gasteiger partial charge in [0, 0.05) is 6.54 Å². The maximum atomic E-state index is 11.6. The van der Waals surface area contributed by atoms with Gasteiger partial charge in [0.15, 0.2) is 0 Å². The Hall–Kier alpha value is -0.330. The molecule has 6 heteroatoms. The zero-order valence-corrected chi connectivity index (χ0v) is 7.77. The molecule has 1 fully saturated rings. The summed E-state index contributed by atoms with van der Waals surface area (Å²) in [5.41, 5.74) is 0. The smallest absolute Gasteiger partial charge is 0.351 e. The van der Waals surface area contributed by atoms with E-state index in [1.54, 1.807) is 0 Å². The predicted octanol–water partition coefficient (Wildman–Crippen LogP) is 1.29. The van der Waals surface area contributed by atoms with Crippen LogP contribution in [0, 0.1) is 0 Å². The van der Waals surface area contributed by atoms with Crippen LogP contribution >= 0.6 is 0 Å². The van der Waals surface area contributed by atoms with Crippen LogP contribution in [0.25, 0.3) is 0 Å². The molecule has 0 amide bonds. The lowest BCUT2D eigenvalue weighted by Crippen LogP contribution is -2.36. The average Bonchev–Trinajstić information content (AvgIpc) is 2.13. The van der Waals surface area contributed by atoms with Crippen LogP contribution in [0.1, 0.15) is 12.8 Å². The van der Waals surface area contributed by atoms with E-state index in [4.69, 9.17) is 4.74 Å². The average molecular weight is 213 g/mol. The van der Waals surface area contributed by atoms with Gasteiger partial charge >= 0.3 is 6.18 Å². The van der Waals surface area contributed by atoms with Crippen molar-refractivity contribution in [3.8, 4) is 0 Å². The van der Waals surface area contributed by atoms with Crippen LogP contribution in [0.4, 0.5) is 13.2 Å². The second kappa shape index (κ2) is 5.53. The summed E-state index contributed by atoms with van der Waals surface area (Å²) in [4.78, 5) is 0. The van der Waals surface area contributed by atoms with E-state index in [1.165, 1.54) is 0 Å². The highest BCUT2D eigenvalue weighted by molar-refractivity contribution is 4.67. The molecule has 0 radical (unpaired) electrons. The first kappa shape index (κ1) is 11.7. The van der Waals surface area contributed by atoms with Gasteiger partial charge in [-0.15, -0.1) is 0 Å². The highest BCUT2D eigenvalue weighted by Crippen LogP contribution is 2.14. The van der Waals surface area contributed by atoms with Crippen LogP contribution in [-0.2, 0) is 9.47 Å². The molecule has 1 N–H and O–H groups in total. The summed E-state index contributed by atoms with van der Waals surface area (Å²) in [7, 11) is 0. The SMILES string of the molecule is FC(F)(F)COCO[C@H]1CCCNC1. The number of ether oxygens (including phenoxy) is 2. The van der Waals surface area contributed by atoms with Crippen molar-refractivity contribution in [3.63, 3.8) is 0 Å². The van der Waals surface area contributed by atoms with Crippen molar-refractivity contribution in [1.82, 2.24) is 5.32 Å². The van der Waals surface area contributed by atoms with Gasteiger partial charge in [0.2, 0.25) is 0 Å². The zero-order valence-electron chi connectivity index (χ0n) is 7.77. The van der Waals surface area contributed by atoms with Crippen molar-refractivity contribution in [3.05, 3.63) is 0 Å². The lowest BCUT2D eigenvalue weighted by molar-refractivity contribution is -0.203. The molecule has 0 aromatic heterocycles. The van der Waals surface area contributed by atoms with Crippen molar-refractivity contribution < 1.29 is 22.6 Å². The molecule has 1 heterocycles. The van der Waals surface area contributed by atoms with Crippen LogP contribution < -0.4 is 5.32 Å². The Labute approximate surface area is 80.6 Å². The van der Waals surface area contributed by atoms with Gasteiger partial charge in [0.25, 0.3) is 0 Å². The molecule has 1 aliphatic heterocycles. The van der Waals surface area contributed by atoms with E-state index >= 15 is 0 Å². The summed E-state index contributed by atoms with van der Waals surface area (Å²) in [5.74, 6) is 0. The molecule has 1 atom stereocenters. The van der Waals surface area contributed by atoms with Crippen LogP contribution in [0.3, 0.4) is 0 Å². The third kappa shape index (κ3) is 5.41. The number of piperidine rings is 1. The van der Waals surface area contributed by atoms with Crippen LogP contribution in [0.5, 0.6) is 0 Å². The van der Waals surface area contributed by atoms with E-state index in [0.29, 0.717) is 6.54 Å². The maximum absolute atomic E-state index is 11.6. The largest absolute Gasteiger partial charge is 0.411 e. The Bertz CT molecular complexity index is 157. The minimum Gasteiger partial charge on any atom is -0.351 e. The molecule has 0 spiro atoms. The number of rotatable bonds is 4. The second-order valence-electron chi connectivity index (χ2n) is 3.22. The van der Waals surface area contributed by atoms with E-state index < -0.39 is 12.8 Å². The molecule has 0 aromatic carbocycles. The molecular formula is C8H14F3NO2. The van der Waals surface area contributed by atoms with Crippen molar-refractivity contribution in [2.24, 2.45) is 0 Å². The molecule has 0 saturated carbocycles. The van der Waals surface area contributed by atoms with Gasteiger partial charge < -0.3 is 14.8 Å². The highest BCUT2D eigenvalue weighted by Gasteiger charge is 2.27. The van der Waals surface area contributed by atoms with Crippen LogP contribution in [0.15, 0.2) is 0 Å². The van der Waals surface area contributed by atoms with Crippen molar-refractivity contribution >= 4 is 0 Å². The Morgan fingerprint density at radius 1 is 1.36 bits per heavy atom. The van der Waals surface area contributed by atoms with E-state index in [1.807, 2.05) is 0 Å². The summed E-state index contributed by atoms with van der Waals surface area (Å²) in [6.45, 7) is 0.109. The Balaban J connectivity index is 1.97. The number of hydrogen-bond acceptors (Lipinski definition) is 3. The van der Waals surface area contributed by atoms with Crippen molar-refractivity contribution in [1.29, 1.82) is 0 Å². The summed E-state index contributed by atoms with van der Waals surface area (Å²) in [6, 6.07) is 0. The monoisotopic (exact) mass is 213 g/mol. The Kier molecular flexibility index (Phi) is 4.64. The first-order chi connectivity index (χ1) is 6.58. The fraction of sp³-hybridized carbons (Fsp3) is 1.00. The highest BCUT2D eigenvalue weighted by atomic mass is 19.4. The molecule has 1 saturated heterocycles. The number of halogens is 3. The van der Waals surface area contributed by atoms with E-state index in [9.17, 15) is 13.2 Å². The van der Waals surface area contributed by atoms with Crippen molar-refractivity contribution in [2.75, 3.05) is 26.5 Å². The topological polar surface area (TPSA) is 30.5 Å². The molecule has 0 aliphatic carbocycles. The molecule has 0 unspecified atom stereocenters. The third-order valence-corrected chi connectivity index (χ3v) is 1.90. The fourth-order valence-electron chi connectivity index (χ4n) is 1.26. The molecule has 1 aliphatic rings. The number of alkyl halides is 3. The normalized spacial score (nSPS) is 23.8. The number of nitrogens with one attached hydrogen (secondary N) is 1. The van der Waals surface area contributed by atoms with Gasteiger partial charge in [-0.25, -0.2) is 0 Å². The van der Waals surface area contributed by atoms with E-state index in [-0.39, 0.29) is 12.9 Å². The summed E-state index contributed by atoms with van der Waals surface area (Å²) >= 11 is 0. The summed E-state index contributed by atoms with van der Waals surface area (Å²) < 4.78 is 44.3. The molecule has 3 nitrogen and oxygen atoms in total. The molecular weight excluding hydrogens is 199 g/mol. The Morgan fingerprint density at radius 2 is 2.14 bits per heavy atom. The van der Waals surface area contributed by atoms with Crippen molar-refractivity contribution in [2.45, 2.75) is 25.1 Å². The van der Waals surface area contributed by atoms with Crippen LogP contribution in [0.2, 0.25) is 0 Å². The lowest BCUT2D eigenvalue weighted by Gasteiger charge is -2.22. The summed E-state index contributed by atoms with van der Waals surface area (Å²) in [5, 5.41) is 3.09. The lowest BCUT2D eigenvalue weighted by atomic mass is 10.1. The summed E-state index contributed by atoms with van der Waals surface area (Å²) in [6.07, 6.45) is -2.42. The fourth-order valence-corrected chi connectivity index (χ4v) is 1.26. The molecule has 0 bridgehead atoms.